The van der Waals surface area contributed by atoms with Gasteiger partial charge in [-0.15, -0.1) is 0 Å². The average Bonchev–Trinajstić information content (AvgIpc) is 2.56. The largest absolute Gasteiger partial charge is 0.0873 e. The lowest BCUT2D eigenvalue weighted by molar-refractivity contribution is 0.781. The Morgan fingerprint density at radius 2 is 2.00 bits per heavy atom. The zero-order chi connectivity index (χ0) is 8.67. The van der Waals surface area contributed by atoms with Gasteiger partial charge in [0.25, 0.3) is 0 Å². The van der Waals surface area contributed by atoms with E-state index < -0.39 is 0 Å². The quantitative estimate of drug-likeness (QED) is 0.520. The van der Waals surface area contributed by atoms with E-state index >= 15 is 0 Å². The second-order valence-electron chi connectivity index (χ2n) is 3.81. The Hall–Kier alpha value is -1.30. The summed E-state index contributed by atoms with van der Waals surface area (Å²) < 4.78 is 0. The van der Waals surface area contributed by atoms with Crippen molar-refractivity contribution < 1.29 is 0 Å². The van der Waals surface area contributed by atoms with Crippen molar-refractivity contribution in [3.05, 3.63) is 53.1 Å². The first-order valence-corrected chi connectivity index (χ1v) is 4.89. The molecular formula is C13H12. The molecule has 1 atom stereocenters. The predicted octanol–water partition coefficient (Wildman–Crippen LogP) is 3.52. The molecule has 0 saturated carbocycles. The molecule has 0 amide bonds. The highest BCUT2D eigenvalue weighted by molar-refractivity contribution is 5.67. The fourth-order valence-electron chi connectivity index (χ4n) is 2.39. The van der Waals surface area contributed by atoms with E-state index in [1.807, 2.05) is 0 Å². The first-order valence-electron chi connectivity index (χ1n) is 4.89. The van der Waals surface area contributed by atoms with Crippen LogP contribution in [0.25, 0.3) is 6.08 Å². The van der Waals surface area contributed by atoms with Gasteiger partial charge in [-0.1, -0.05) is 48.1 Å². The van der Waals surface area contributed by atoms with Gasteiger partial charge in [-0.3, -0.25) is 0 Å². The van der Waals surface area contributed by atoms with Crippen LogP contribution in [0.15, 0.2) is 42.0 Å². The second kappa shape index (κ2) is 2.59. The number of hydrogen-bond acceptors (Lipinski definition) is 0. The summed E-state index contributed by atoms with van der Waals surface area (Å²) in [5.41, 5.74) is 4.57. The minimum Gasteiger partial charge on any atom is -0.0873 e. The van der Waals surface area contributed by atoms with Crippen LogP contribution in [0.3, 0.4) is 0 Å². The summed E-state index contributed by atoms with van der Waals surface area (Å²) in [6.07, 6.45) is 9.31. The number of allylic oxidation sites excluding steroid dienone is 3. The van der Waals surface area contributed by atoms with Gasteiger partial charge in [-0.05, 0) is 24.0 Å². The highest BCUT2D eigenvalue weighted by atomic mass is 14.3. The van der Waals surface area contributed by atoms with E-state index in [1.165, 1.54) is 17.5 Å². The number of benzene rings is 1. The van der Waals surface area contributed by atoms with Crippen LogP contribution in [0, 0.1) is 0 Å². The van der Waals surface area contributed by atoms with Crippen molar-refractivity contribution in [1.82, 2.24) is 0 Å². The number of fused-ring (bicyclic) bond motifs is 3. The number of hydrogen-bond donors (Lipinski definition) is 0. The van der Waals surface area contributed by atoms with E-state index in [4.69, 9.17) is 0 Å². The molecule has 0 heteroatoms. The van der Waals surface area contributed by atoms with E-state index in [0.717, 1.165) is 6.42 Å². The van der Waals surface area contributed by atoms with Gasteiger partial charge in [0.2, 0.25) is 0 Å². The first kappa shape index (κ1) is 7.14. The van der Waals surface area contributed by atoms with Crippen molar-refractivity contribution in [2.75, 3.05) is 0 Å². The zero-order valence-electron chi connectivity index (χ0n) is 7.53. The maximum absolute atomic E-state index is 2.36. The van der Waals surface area contributed by atoms with Crippen molar-refractivity contribution in [2.24, 2.45) is 0 Å². The molecule has 2 aliphatic carbocycles. The molecular weight excluding hydrogens is 156 g/mol. The molecule has 1 aromatic carbocycles. The molecule has 1 aromatic rings. The van der Waals surface area contributed by atoms with Crippen LogP contribution in [-0.2, 0) is 0 Å². The molecule has 64 valence electrons. The highest BCUT2D eigenvalue weighted by Gasteiger charge is 2.24. The van der Waals surface area contributed by atoms with Crippen LogP contribution in [0.2, 0.25) is 0 Å². The Labute approximate surface area is 78.6 Å². The summed E-state index contributed by atoms with van der Waals surface area (Å²) in [6, 6.07) is 8.76. The van der Waals surface area contributed by atoms with Gasteiger partial charge >= 0.3 is 0 Å². The fraction of sp³-hybridized carbons (Fsp3) is 0.231. The van der Waals surface area contributed by atoms with E-state index in [-0.39, 0.29) is 0 Å². The van der Waals surface area contributed by atoms with Gasteiger partial charge in [0.15, 0.2) is 0 Å². The van der Waals surface area contributed by atoms with E-state index in [0.29, 0.717) is 5.92 Å². The lowest BCUT2D eigenvalue weighted by Crippen LogP contribution is -2.00. The van der Waals surface area contributed by atoms with Crippen molar-refractivity contribution in [3.8, 4) is 0 Å². The van der Waals surface area contributed by atoms with Gasteiger partial charge in [0.1, 0.15) is 0 Å². The molecule has 0 aliphatic heterocycles. The second-order valence-corrected chi connectivity index (χ2v) is 3.81. The van der Waals surface area contributed by atoms with Crippen molar-refractivity contribution in [3.63, 3.8) is 0 Å². The van der Waals surface area contributed by atoms with Crippen molar-refractivity contribution in [2.45, 2.75) is 18.8 Å². The Morgan fingerprint density at radius 3 is 3.00 bits per heavy atom. The Morgan fingerprint density at radius 1 is 1.08 bits per heavy atom. The molecule has 0 aromatic heterocycles. The SMILES string of the molecule is C1=CCC2C(=Cc3ccccc32)C1. The molecule has 0 fully saturated rings. The molecule has 1 unspecified atom stereocenters. The molecule has 0 N–H and O–H groups in total. The molecule has 0 spiro atoms. The Bertz CT molecular complexity index is 396. The highest BCUT2D eigenvalue weighted by Crippen LogP contribution is 2.42. The van der Waals surface area contributed by atoms with Crippen molar-refractivity contribution in [1.29, 1.82) is 0 Å². The standard InChI is InChI=1S/C13H12/c1-3-7-12-10(5-1)9-11-6-2-4-8-13(11)12/h1-5,7,9,13H,6,8H2. The van der Waals surface area contributed by atoms with E-state index in [2.05, 4.69) is 42.5 Å². The van der Waals surface area contributed by atoms with Crippen LogP contribution >= 0.6 is 0 Å². The van der Waals surface area contributed by atoms with Gasteiger partial charge in [-0.25, -0.2) is 0 Å². The van der Waals surface area contributed by atoms with Gasteiger partial charge in [0.05, 0.1) is 0 Å². The van der Waals surface area contributed by atoms with E-state index in [9.17, 15) is 0 Å². The summed E-state index contributed by atoms with van der Waals surface area (Å²) in [5, 5.41) is 0. The zero-order valence-corrected chi connectivity index (χ0v) is 7.53. The lowest BCUT2D eigenvalue weighted by Gasteiger charge is -2.17. The summed E-state index contributed by atoms with van der Waals surface area (Å²) in [4.78, 5) is 0. The summed E-state index contributed by atoms with van der Waals surface area (Å²) in [6.45, 7) is 0. The van der Waals surface area contributed by atoms with Gasteiger partial charge in [-0.2, -0.15) is 0 Å². The third-order valence-corrected chi connectivity index (χ3v) is 3.05. The smallest absolute Gasteiger partial charge is 0.00950 e. The van der Waals surface area contributed by atoms with Crippen LogP contribution in [0.5, 0.6) is 0 Å². The van der Waals surface area contributed by atoms with E-state index in [1.54, 1.807) is 5.57 Å². The van der Waals surface area contributed by atoms with Gasteiger partial charge in [0, 0.05) is 5.92 Å². The normalized spacial score (nSPS) is 23.7. The third-order valence-electron chi connectivity index (χ3n) is 3.05. The molecule has 2 aliphatic rings. The minimum absolute atomic E-state index is 0.696. The summed E-state index contributed by atoms with van der Waals surface area (Å²) in [7, 11) is 0. The topological polar surface area (TPSA) is 0 Å². The molecule has 13 heavy (non-hydrogen) atoms. The number of rotatable bonds is 0. The maximum atomic E-state index is 2.36. The molecule has 3 rings (SSSR count). The summed E-state index contributed by atoms with van der Waals surface area (Å²) >= 11 is 0. The van der Waals surface area contributed by atoms with Crippen LogP contribution < -0.4 is 0 Å². The molecule has 0 bridgehead atoms. The fourth-order valence-corrected chi connectivity index (χ4v) is 2.39. The van der Waals surface area contributed by atoms with Gasteiger partial charge < -0.3 is 0 Å². The Balaban J connectivity index is 2.14. The predicted molar refractivity (Wildman–Crippen MR) is 55.5 cm³/mol. The van der Waals surface area contributed by atoms with Crippen LogP contribution in [0.1, 0.15) is 29.9 Å². The Kier molecular flexibility index (Phi) is 1.42. The molecule has 0 nitrogen and oxygen atoms in total. The minimum atomic E-state index is 0.696. The molecule has 0 heterocycles. The van der Waals surface area contributed by atoms with Crippen molar-refractivity contribution >= 4 is 6.08 Å². The third kappa shape index (κ3) is 0.983. The maximum Gasteiger partial charge on any atom is 0.00950 e. The monoisotopic (exact) mass is 168 g/mol. The first-order chi connectivity index (χ1) is 6.45. The summed E-state index contributed by atoms with van der Waals surface area (Å²) in [5.74, 6) is 0.696. The average molecular weight is 168 g/mol. The lowest BCUT2D eigenvalue weighted by atomic mass is 9.87. The van der Waals surface area contributed by atoms with Crippen LogP contribution in [-0.4, -0.2) is 0 Å². The van der Waals surface area contributed by atoms with Crippen LogP contribution in [0.4, 0.5) is 0 Å². The molecule has 0 saturated heterocycles. The molecule has 0 radical (unpaired) electrons.